The first-order chi connectivity index (χ1) is 9.16. The van der Waals surface area contributed by atoms with Gasteiger partial charge in [-0.3, -0.25) is 0 Å². The van der Waals surface area contributed by atoms with Crippen molar-refractivity contribution in [3.63, 3.8) is 0 Å². The Morgan fingerprint density at radius 1 is 1.37 bits per heavy atom. The Labute approximate surface area is 110 Å². The zero-order chi connectivity index (χ0) is 13.7. The third-order valence-electron chi connectivity index (χ3n) is 3.33. The maximum Gasteiger partial charge on any atom is 0.261 e. The molecule has 1 heterocycles. The highest BCUT2D eigenvalue weighted by atomic mass is 19.3. The lowest BCUT2D eigenvalue weighted by atomic mass is 9.85. The van der Waals surface area contributed by atoms with Gasteiger partial charge in [0.25, 0.3) is 6.43 Å². The minimum Gasteiger partial charge on any atom is -0.375 e. The highest BCUT2D eigenvalue weighted by molar-refractivity contribution is 5.00. The van der Waals surface area contributed by atoms with Gasteiger partial charge in [-0.05, 0) is 12.8 Å². The van der Waals surface area contributed by atoms with Crippen molar-refractivity contribution in [2.45, 2.75) is 50.5 Å². The van der Waals surface area contributed by atoms with Crippen LogP contribution in [0, 0.1) is 0 Å². The lowest BCUT2D eigenvalue weighted by Crippen LogP contribution is -2.31. The molecule has 0 bridgehead atoms. The Balaban J connectivity index is 1.81. The standard InChI is InChI=1S/C12H19F2N3O2/c13-10(14)7-18-6-5-11-16-12(19-17-11)8-3-1-2-4-9(8)15/h8-10H,1-7,15H2. The first-order valence-electron chi connectivity index (χ1n) is 6.60. The van der Waals surface area contributed by atoms with Gasteiger partial charge in [0.1, 0.15) is 6.61 Å². The first-order valence-corrected chi connectivity index (χ1v) is 6.60. The molecule has 1 aliphatic rings. The third kappa shape index (κ3) is 4.21. The number of alkyl halides is 2. The zero-order valence-electron chi connectivity index (χ0n) is 10.7. The molecule has 0 saturated heterocycles. The number of hydrogen-bond acceptors (Lipinski definition) is 5. The van der Waals surface area contributed by atoms with Gasteiger partial charge in [-0.2, -0.15) is 4.98 Å². The van der Waals surface area contributed by atoms with Crippen LogP contribution in [-0.4, -0.2) is 35.8 Å². The van der Waals surface area contributed by atoms with Gasteiger partial charge >= 0.3 is 0 Å². The van der Waals surface area contributed by atoms with E-state index in [2.05, 4.69) is 10.1 Å². The second-order valence-corrected chi connectivity index (χ2v) is 4.82. The van der Waals surface area contributed by atoms with Gasteiger partial charge in [-0.25, -0.2) is 8.78 Å². The molecule has 2 atom stereocenters. The summed E-state index contributed by atoms with van der Waals surface area (Å²) in [6.07, 6.45) is 2.12. The highest BCUT2D eigenvalue weighted by Gasteiger charge is 2.28. The van der Waals surface area contributed by atoms with E-state index < -0.39 is 13.0 Å². The molecule has 1 fully saturated rings. The molecule has 0 amide bonds. The van der Waals surface area contributed by atoms with Gasteiger partial charge in [0.05, 0.1) is 12.5 Å². The molecule has 108 valence electrons. The van der Waals surface area contributed by atoms with Crippen molar-refractivity contribution in [2.75, 3.05) is 13.2 Å². The number of halogens is 2. The van der Waals surface area contributed by atoms with Crippen LogP contribution in [0.2, 0.25) is 0 Å². The van der Waals surface area contributed by atoms with E-state index in [0.29, 0.717) is 18.1 Å². The molecule has 2 rings (SSSR count). The lowest BCUT2D eigenvalue weighted by Gasteiger charge is -2.25. The second-order valence-electron chi connectivity index (χ2n) is 4.82. The van der Waals surface area contributed by atoms with Crippen LogP contribution in [0.15, 0.2) is 4.52 Å². The van der Waals surface area contributed by atoms with Gasteiger partial charge in [-0.1, -0.05) is 18.0 Å². The Morgan fingerprint density at radius 3 is 2.89 bits per heavy atom. The summed E-state index contributed by atoms with van der Waals surface area (Å²) < 4.78 is 33.7. The van der Waals surface area contributed by atoms with Crippen molar-refractivity contribution in [1.82, 2.24) is 10.1 Å². The van der Waals surface area contributed by atoms with Crippen LogP contribution >= 0.6 is 0 Å². The van der Waals surface area contributed by atoms with Crippen molar-refractivity contribution in [3.8, 4) is 0 Å². The Bertz CT molecular complexity index is 387. The van der Waals surface area contributed by atoms with Crippen LogP contribution in [0.1, 0.15) is 43.3 Å². The van der Waals surface area contributed by atoms with Gasteiger partial charge in [-0.15, -0.1) is 0 Å². The van der Waals surface area contributed by atoms with E-state index in [1.54, 1.807) is 0 Å². The van der Waals surface area contributed by atoms with Crippen LogP contribution in [0.3, 0.4) is 0 Å². The smallest absolute Gasteiger partial charge is 0.261 e. The molecular weight excluding hydrogens is 256 g/mol. The van der Waals surface area contributed by atoms with Crippen LogP contribution in [0.5, 0.6) is 0 Å². The number of rotatable bonds is 6. The summed E-state index contributed by atoms with van der Waals surface area (Å²) >= 11 is 0. The largest absolute Gasteiger partial charge is 0.375 e. The van der Waals surface area contributed by atoms with Crippen molar-refractivity contribution < 1.29 is 18.0 Å². The average molecular weight is 275 g/mol. The minimum atomic E-state index is -2.44. The number of nitrogens with two attached hydrogens (primary N) is 1. The molecule has 0 aromatic carbocycles. The molecule has 2 unspecified atom stereocenters. The van der Waals surface area contributed by atoms with Gasteiger partial charge in [0.2, 0.25) is 5.89 Å². The van der Waals surface area contributed by atoms with Crippen molar-refractivity contribution in [2.24, 2.45) is 5.73 Å². The van der Waals surface area contributed by atoms with Crippen LogP contribution < -0.4 is 5.73 Å². The normalized spacial score (nSPS) is 24.0. The van der Waals surface area contributed by atoms with Crippen molar-refractivity contribution in [3.05, 3.63) is 11.7 Å². The molecule has 0 aliphatic heterocycles. The van der Waals surface area contributed by atoms with Crippen molar-refractivity contribution >= 4 is 0 Å². The maximum absolute atomic E-state index is 11.9. The summed E-state index contributed by atoms with van der Waals surface area (Å²) in [4.78, 5) is 4.28. The number of aromatic nitrogens is 2. The van der Waals surface area contributed by atoms with Crippen molar-refractivity contribution in [1.29, 1.82) is 0 Å². The quantitative estimate of drug-likeness (QED) is 0.802. The Morgan fingerprint density at radius 2 is 2.16 bits per heavy atom. The molecule has 7 heteroatoms. The summed E-state index contributed by atoms with van der Waals surface area (Å²) in [6, 6.07) is 0.0668. The summed E-state index contributed by atoms with van der Waals surface area (Å²) in [5, 5.41) is 3.83. The average Bonchev–Trinajstić information content (AvgIpc) is 2.83. The van der Waals surface area contributed by atoms with Crippen LogP contribution in [0.25, 0.3) is 0 Å². The predicted molar refractivity (Wildman–Crippen MR) is 64.0 cm³/mol. The predicted octanol–water partition coefficient (Wildman–Crippen LogP) is 1.88. The van der Waals surface area contributed by atoms with Gasteiger partial charge < -0.3 is 15.0 Å². The molecule has 1 aromatic rings. The lowest BCUT2D eigenvalue weighted by molar-refractivity contribution is 0.0182. The molecule has 1 saturated carbocycles. The molecule has 5 nitrogen and oxygen atoms in total. The summed E-state index contributed by atoms with van der Waals surface area (Å²) in [5.74, 6) is 1.18. The van der Waals surface area contributed by atoms with E-state index in [0.717, 1.165) is 25.7 Å². The molecule has 19 heavy (non-hydrogen) atoms. The fourth-order valence-corrected chi connectivity index (χ4v) is 2.32. The second kappa shape index (κ2) is 6.91. The highest BCUT2D eigenvalue weighted by Crippen LogP contribution is 2.30. The van der Waals surface area contributed by atoms with E-state index in [-0.39, 0.29) is 18.6 Å². The fourth-order valence-electron chi connectivity index (χ4n) is 2.32. The monoisotopic (exact) mass is 275 g/mol. The third-order valence-corrected chi connectivity index (χ3v) is 3.33. The molecule has 1 aromatic heterocycles. The summed E-state index contributed by atoms with van der Waals surface area (Å²) in [7, 11) is 0. The molecule has 1 aliphatic carbocycles. The minimum absolute atomic E-state index is 0.0668. The van der Waals surface area contributed by atoms with E-state index >= 15 is 0 Å². The summed E-state index contributed by atoms with van der Waals surface area (Å²) in [5.41, 5.74) is 6.04. The van der Waals surface area contributed by atoms with Crippen LogP contribution in [0.4, 0.5) is 8.78 Å². The number of ether oxygens (including phenoxy) is 1. The maximum atomic E-state index is 11.9. The summed E-state index contributed by atoms with van der Waals surface area (Å²) in [6.45, 7) is -0.391. The Hall–Kier alpha value is -1.08. The van der Waals surface area contributed by atoms with E-state index in [1.807, 2.05) is 0 Å². The van der Waals surface area contributed by atoms with E-state index in [1.165, 1.54) is 0 Å². The molecular formula is C12H19F2N3O2. The molecule has 0 radical (unpaired) electrons. The zero-order valence-corrected chi connectivity index (χ0v) is 10.7. The molecule has 2 N–H and O–H groups in total. The Kier molecular flexibility index (Phi) is 5.21. The SMILES string of the molecule is NC1CCCCC1c1nc(CCOCC(F)F)no1. The fraction of sp³-hybridized carbons (Fsp3) is 0.833. The van der Waals surface area contributed by atoms with Gasteiger partial charge in [0, 0.05) is 12.5 Å². The number of nitrogens with zero attached hydrogens (tertiary/aromatic N) is 2. The van der Waals surface area contributed by atoms with E-state index in [4.69, 9.17) is 15.0 Å². The first kappa shape index (κ1) is 14.3. The van der Waals surface area contributed by atoms with E-state index in [9.17, 15) is 8.78 Å². The topological polar surface area (TPSA) is 74.2 Å². The van der Waals surface area contributed by atoms with Crippen LogP contribution in [-0.2, 0) is 11.2 Å². The molecule has 0 spiro atoms. The van der Waals surface area contributed by atoms with Gasteiger partial charge in [0.15, 0.2) is 5.82 Å². The number of hydrogen-bond donors (Lipinski definition) is 1.